The molecule has 0 radical (unpaired) electrons. The van der Waals surface area contributed by atoms with Gasteiger partial charge in [-0.25, -0.2) is 0 Å². The highest BCUT2D eigenvalue weighted by Gasteiger charge is 2.26. The van der Waals surface area contributed by atoms with Crippen molar-refractivity contribution in [2.75, 3.05) is 18.4 Å². The van der Waals surface area contributed by atoms with Crippen LogP contribution in [0.1, 0.15) is 50.9 Å². The summed E-state index contributed by atoms with van der Waals surface area (Å²) in [5.74, 6) is -1.38. The second kappa shape index (κ2) is 8.47. The van der Waals surface area contributed by atoms with E-state index in [1.165, 1.54) is 0 Å². The van der Waals surface area contributed by atoms with Crippen molar-refractivity contribution in [3.8, 4) is 0 Å². The van der Waals surface area contributed by atoms with Gasteiger partial charge in [-0.15, -0.1) is 0 Å². The summed E-state index contributed by atoms with van der Waals surface area (Å²) in [5.41, 5.74) is 0.226. The molecule has 0 atom stereocenters. The molecule has 6 nitrogen and oxygen atoms in total. The fourth-order valence-corrected chi connectivity index (χ4v) is 2.56. The number of para-hydroxylation sites is 1. The number of hydrogen-bond donors (Lipinski definition) is 2. The maximum absolute atomic E-state index is 12.5. The summed E-state index contributed by atoms with van der Waals surface area (Å²) in [7, 11) is 0. The summed E-state index contributed by atoms with van der Waals surface area (Å²) in [4.78, 5) is 37.3. The Morgan fingerprint density at radius 1 is 1.08 bits per heavy atom. The number of rotatable bonds is 8. The SMILES string of the molecule is CCN(CC)C(=O)c1ccccc1NC(=O)CC(C)(C)CC(=O)O. The number of anilines is 1. The molecule has 0 aromatic heterocycles. The molecule has 0 unspecified atom stereocenters. The first-order valence-corrected chi connectivity index (χ1v) is 8.10. The van der Waals surface area contributed by atoms with Crippen LogP contribution >= 0.6 is 0 Å². The molecular weight excluding hydrogens is 308 g/mol. The van der Waals surface area contributed by atoms with E-state index in [0.717, 1.165) is 0 Å². The van der Waals surface area contributed by atoms with Gasteiger partial charge < -0.3 is 15.3 Å². The number of carbonyl (C=O) groups excluding carboxylic acids is 2. The molecule has 0 saturated heterocycles. The van der Waals surface area contributed by atoms with Gasteiger partial charge in [0.25, 0.3) is 5.91 Å². The molecule has 0 bridgehead atoms. The summed E-state index contributed by atoms with van der Waals surface area (Å²) in [6.07, 6.45) is -0.0342. The molecule has 2 N–H and O–H groups in total. The first-order chi connectivity index (χ1) is 11.2. The molecule has 0 aliphatic carbocycles. The smallest absolute Gasteiger partial charge is 0.303 e. The summed E-state index contributed by atoms with van der Waals surface area (Å²) in [6, 6.07) is 6.86. The van der Waals surface area contributed by atoms with E-state index in [1.54, 1.807) is 43.0 Å². The highest BCUT2D eigenvalue weighted by molar-refractivity contribution is 6.03. The predicted molar refractivity (Wildman–Crippen MR) is 93.0 cm³/mol. The van der Waals surface area contributed by atoms with Crippen LogP contribution in [0.3, 0.4) is 0 Å². The standard InChI is InChI=1S/C18H26N2O4/c1-5-20(6-2)17(24)13-9-7-8-10-14(13)19-15(21)11-18(3,4)12-16(22)23/h7-10H,5-6,11-12H2,1-4H3,(H,19,21)(H,22,23). The molecule has 0 saturated carbocycles. The van der Waals surface area contributed by atoms with Crippen molar-refractivity contribution in [2.24, 2.45) is 5.41 Å². The van der Waals surface area contributed by atoms with Gasteiger partial charge in [-0.05, 0) is 31.4 Å². The summed E-state index contributed by atoms with van der Waals surface area (Å²) >= 11 is 0. The summed E-state index contributed by atoms with van der Waals surface area (Å²) in [6.45, 7) is 8.43. The molecule has 2 amide bonds. The highest BCUT2D eigenvalue weighted by Crippen LogP contribution is 2.26. The molecule has 0 fully saturated rings. The number of amides is 2. The van der Waals surface area contributed by atoms with Crippen molar-refractivity contribution < 1.29 is 19.5 Å². The first kappa shape index (κ1) is 19.7. The van der Waals surface area contributed by atoms with Crippen LogP contribution in [0.4, 0.5) is 5.69 Å². The Hall–Kier alpha value is -2.37. The van der Waals surface area contributed by atoms with Crippen LogP contribution in [0.15, 0.2) is 24.3 Å². The maximum atomic E-state index is 12.5. The fraction of sp³-hybridized carbons (Fsp3) is 0.500. The van der Waals surface area contributed by atoms with E-state index < -0.39 is 11.4 Å². The molecule has 24 heavy (non-hydrogen) atoms. The Morgan fingerprint density at radius 3 is 2.21 bits per heavy atom. The number of carbonyl (C=O) groups is 3. The molecule has 6 heteroatoms. The van der Waals surface area contributed by atoms with Gasteiger partial charge >= 0.3 is 5.97 Å². The quantitative estimate of drug-likeness (QED) is 0.765. The first-order valence-electron chi connectivity index (χ1n) is 8.10. The molecule has 0 aliphatic rings. The largest absolute Gasteiger partial charge is 0.481 e. The van der Waals surface area contributed by atoms with Gasteiger partial charge in [-0.1, -0.05) is 26.0 Å². The minimum atomic E-state index is -0.940. The molecule has 0 aliphatic heterocycles. The van der Waals surface area contributed by atoms with Crippen molar-refractivity contribution >= 4 is 23.5 Å². The average molecular weight is 334 g/mol. The van der Waals surface area contributed by atoms with Crippen LogP contribution in [0.25, 0.3) is 0 Å². The van der Waals surface area contributed by atoms with E-state index >= 15 is 0 Å². The van der Waals surface area contributed by atoms with E-state index in [1.807, 2.05) is 13.8 Å². The number of nitrogens with zero attached hydrogens (tertiary/aromatic N) is 1. The van der Waals surface area contributed by atoms with Crippen LogP contribution in [0, 0.1) is 5.41 Å². The zero-order valence-corrected chi connectivity index (χ0v) is 14.8. The van der Waals surface area contributed by atoms with Gasteiger partial charge in [-0.3, -0.25) is 14.4 Å². The predicted octanol–water partition coefficient (Wildman–Crippen LogP) is 3.00. The average Bonchev–Trinajstić information content (AvgIpc) is 2.46. The third kappa shape index (κ3) is 5.68. The second-order valence-electron chi connectivity index (χ2n) is 6.48. The number of carboxylic acid groups (broad SMARTS) is 1. The van der Waals surface area contributed by atoms with Crippen LogP contribution in [-0.2, 0) is 9.59 Å². The number of aliphatic carboxylic acids is 1. The number of nitrogens with one attached hydrogen (secondary N) is 1. The van der Waals surface area contributed by atoms with Gasteiger partial charge in [0.15, 0.2) is 0 Å². The lowest BCUT2D eigenvalue weighted by molar-refractivity contribution is -0.139. The Bertz CT molecular complexity index is 607. The lowest BCUT2D eigenvalue weighted by Gasteiger charge is -2.23. The maximum Gasteiger partial charge on any atom is 0.303 e. The number of benzene rings is 1. The minimum absolute atomic E-state index is 0.0626. The normalized spacial score (nSPS) is 11.0. The van der Waals surface area contributed by atoms with Crippen LogP contribution < -0.4 is 5.32 Å². The summed E-state index contributed by atoms with van der Waals surface area (Å²) < 4.78 is 0. The van der Waals surface area contributed by atoms with Gasteiger partial charge in [0, 0.05) is 19.5 Å². The molecule has 1 rings (SSSR count). The van der Waals surface area contributed by atoms with Crippen molar-refractivity contribution in [1.29, 1.82) is 0 Å². The topological polar surface area (TPSA) is 86.7 Å². The van der Waals surface area contributed by atoms with E-state index in [4.69, 9.17) is 5.11 Å². The molecule has 1 aromatic rings. The Morgan fingerprint density at radius 2 is 1.67 bits per heavy atom. The molecule has 1 aromatic carbocycles. The van der Waals surface area contributed by atoms with Crippen molar-refractivity contribution in [2.45, 2.75) is 40.5 Å². The monoisotopic (exact) mass is 334 g/mol. The van der Waals surface area contributed by atoms with Gasteiger partial charge in [0.2, 0.25) is 5.91 Å². The molecular formula is C18H26N2O4. The van der Waals surface area contributed by atoms with Crippen LogP contribution in [0.5, 0.6) is 0 Å². The lowest BCUT2D eigenvalue weighted by Crippen LogP contribution is -2.31. The third-order valence-electron chi connectivity index (χ3n) is 3.75. The fourth-order valence-electron chi connectivity index (χ4n) is 2.56. The number of carboxylic acids is 1. The van der Waals surface area contributed by atoms with E-state index in [2.05, 4.69) is 5.32 Å². The number of hydrogen-bond acceptors (Lipinski definition) is 3. The van der Waals surface area contributed by atoms with E-state index in [-0.39, 0.29) is 24.7 Å². The summed E-state index contributed by atoms with van der Waals surface area (Å²) in [5, 5.41) is 11.6. The van der Waals surface area contributed by atoms with Gasteiger partial charge in [0.1, 0.15) is 0 Å². The van der Waals surface area contributed by atoms with Crippen LogP contribution in [0.2, 0.25) is 0 Å². The van der Waals surface area contributed by atoms with Crippen molar-refractivity contribution in [3.05, 3.63) is 29.8 Å². The lowest BCUT2D eigenvalue weighted by atomic mass is 9.85. The highest BCUT2D eigenvalue weighted by atomic mass is 16.4. The molecule has 0 heterocycles. The third-order valence-corrected chi connectivity index (χ3v) is 3.75. The van der Waals surface area contributed by atoms with Gasteiger partial charge in [0.05, 0.1) is 17.7 Å². The zero-order valence-electron chi connectivity index (χ0n) is 14.8. The van der Waals surface area contributed by atoms with Crippen LogP contribution in [-0.4, -0.2) is 40.9 Å². The van der Waals surface area contributed by atoms with E-state index in [9.17, 15) is 14.4 Å². The second-order valence-corrected chi connectivity index (χ2v) is 6.48. The Kier molecular flexibility index (Phi) is 6.95. The van der Waals surface area contributed by atoms with Gasteiger partial charge in [-0.2, -0.15) is 0 Å². The minimum Gasteiger partial charge on any atom is -0.481 e. The van der Waals surface area contributed by atoms with E-state index in [0.29, 0.717) is 24.3 Å². The zero-order chi connectivity index (χ0) is 18.3. The molecule has 132 valence electrons. The van der Waals surface area contributed by atoms with Crippen molar-refractivity contribution in [1.82, 2.24) is 4.90 Å². The Labute approximate surface area is 142 Å². The van der Waals surface area contributed by atoms with Crippen molar-refractivity contribution in [3.63, 3.8) is 0 Å². The Balaban J connectivity index is 2.90. The molecule has 0 spiro atoms.